The van der Waals surface area contributed by atoms with E-state index in [2.05, 4.69) is 10.3 Å². The molecular formula is C18H18N4O2S. The third-order valence-electron chi connectivity index (χ3n) is 3.69. The van der Waals surface area contributed by atoms with Crippen LogP contribution in [0.15, 0.2) is 64.5 Å². The normalized spacial score (nSPS) is 10.7. The van der Waals surface area contributed by atoms with E-state index in [0.29, 0.717) is 22.6 Å². The quantitative estimate of drug-likeness (QED) is 0.398. The van der Waals surface area contributed by atoms with Gasteiger partial charge in [0.25, 0.3) is 5.56 Å². The number of hydrogen-bond acceptors (Lipinski definition) is 5. The number of thioether (sulfide) groups is 1. The van der Waals surface area contributed by atoms with Crippen LogP contribution in [0.5, 0.6) is 0 Å². The first-order valence-electron chi connectivity index (χ1n) is 7.85. The number of amides is 1. The van der Waals surface area contributed by atoms with Gasteiger partial charge >= 0.3 is 0 Å². The Hall–Kier alpha value is -2.80. The van der Waals surface area contributed by atoms with E-state index in [1.165, 1.54) is 5.56 Å². The summed E-state index contributed by atoms with van der Waals surface area (Å²) >= 11 is 1.15. The Bertz CT molecular complexity index is 941. The van der Waals surface area contributed by atoms with Crippen LogP contribution in [-0.2, 0) is 11.2 Å². The van der Waals surface area contributed by atoms with Gasteiger partial charge in [-0.15, -0.1) is 0 Å². The Morgan fingerprint density at radius 1 is 1.12 bits per heavy atom. The highest BCUT2D eigenvalue weighted by Gasteiger charge is 2.11. The number of nitrogens with two attached hydrogens (primary N) is 1. The Labute approximate surface area is 149 Å². The largest absolute Gasteiger partial charge is 0.355 e. The average Bonchev–Trinajstić information content (AvgIpc) is 2.64. The molecule has 0 aliphatic rings. The molecule has 0 unspecified atom stereocenters. The number of benzene rings is 2. The number of para-hydroxylation sites is 1. The van der Waals surface area contributed by atoms with Gasteiger partial charge < -0.3 is 11.2 Å². The molecule has 0 saturated heterocycles. The van der Waals surface area contributed by atoms with Crippen LogP contribution in [0, 0.1) is 0 Å². The lowest BCUT2D eigenvalue weighted by Crippen LogP contribution is -2.31. The van der Waals surface area contributed by atoms with Crippen LogP contribution < -0.4 is 16.7 Å². The number of hydrogen-bond donors (Lipinski definition) is 2. The first kappa shape index (κ1) is 17.0. The van der Waals surface area contributed by atoms with E-state index in [1.807, 2.05) is 30.3 Å². The Morgan fingerprint density at radius 3 is 2.64 bits per heavy atom. The molecule has 1 heterocycles. The summed E-state index contributed by atoms with van der Waals surface area (Å²) in [5.41, 5.74) is 1.42. The maximum atomic E-state index is 12.2. The Kier molecular flexibility index (Phi) is 5.35. The van der Waals surface area contributed by atoms with Crippen LogP contribution in [0.1, 0.15) is 5.56 Å². The van der Waals surface area contributed by atoms with E-state index >= 15 is 0 Å². The molecule has 25 heavy (non-hydrogen) atoms. The topological polar surface area (TPSA) is 90.0 Å². The highest BCUT2D eigenvalue weighted by atomic mass is 32.2. The van der Waals surface area contributed by atoms with Crippen LogP contribution in [0.25, 0.3) is 10.9 Å². The molecule has 0 radical (unpaired) electrons. The SMILES string of the molecule is Nn1c(SCC(=O)NCCc2ccccc2)nc2ccccc2c1=O. The summed E-state index contributed by atoms with van der Waals surface area (Å²) in [5, 5.41) is 3.64. The van der Waals surface area contributed by atoms with Gasteiger partial charge in [-0.1, -0.05) is 54.2 Å². The second kappa shape index (κ2) is 7.85. The monoisotopic (exact) mass is 354 g/mol. The minimum absolute atomic E-state index is 0.122. The molecule has 3 aromatic rings. The molecule has 2 aromatic carbocycles. The number of nitrogens with zero attached hydrogens (tertiary/aromatic N) is 2. The highest BCUT2D eigenvalue weighted by molar-refractivity contribution is 7.99. The van der Waals surface area contributed by atoms with Crippen molar-refractivity contribution in [2.75, 3.05) is 18.1 Å². The molecule has 0 aliphatic heterocycles. The van der Waals surface area contributed by atoms with Crippen molar-refractivity contribution in [3.8, 4) is 0 Å². The smallest absolute Gasteiger partial charge is 0.280 e. The van der Waals surface area contributed by atoms with E-state index in [1.54, 1.807) is 24.3 Å². The van der Waals surface area contributed by atoms with E-state index in [-0.39, 0.29) is 17.2 Å². The number of aromatic nitrogens is 2. The number of carbonyl (C=O) groups is 1. The maximum Gasteiger partial charge on any atom is 0.280 e. The average molecular weight is 354 g/mol. The summed E-state index contributed by atoms with van der Waals surface area (Å²) in [4.78, 5) is 28.5. The maximum absolute atomic E-state index is 12.2. The van der Waals surface area contributed by atoms with E-state index in [0.717, 1.165) is 22.9 Å². The molecule has 0 spiro atoms. The van der Waals surface area contributed by atoms with E-state index < -0.39 is 0 Å². The van der Waals surface area contributed by atoms with Crippen molar-refractivity contribution in [1.82, 2.24) is 15.0 Å². The standard InChI is InChI=1S/C18H18N4O2S/c19-22-17(24)14-8-4-5-9-15(14)21-18(22)25-12-16(23)20-11-10-13-6-2-1-3-7-13/h1-9H,10-12,19H2,(H,20,23). The molecule has 128 valence electrons. The lowest BCUT2D eigenvalue weighted by Gasteiger charge is -2.08. The van der Waals surface area contributed by atoms with Gasteiger partial charge in [-0.2, -0.15) is 0 Å². The molecule has 3 rings (SSSR count). The van der Waals surface area contributed by atoms with Crippen molar-refractivity contribution in [3.05, 3.63) is 70.5 Å². The zero-order valence-corrected chi connectivity index (χ0v) is 14.3. The lowest BCUT2D eigenvalue weighted by molar-refractivity contribution is -0.118. The summed E-state index contributed by atoms with van der Waals surface area (Å²) in [5.74, 6) is 5.83. The van der Waals surface area contributed by atoms with Crippen molar-refractivity contribution in [2.24, 2.45) is 0 Å². The zero-order chi connectivity index (χ0) is 17.6. The molecule has 0 bridgehead atoms. The second-order valence-electron chi connectivity index (χ2n) is 5.46. The van der Waals surface area contributed by atoms with Gasteiger partial charge in [0.1, 0.15) is 0 Å². The summed E-state index contributed by atoms with van der Waals surface area (Å²) in [6.07, 6.45) is 0.771. The molecule has 0 aliphatic carbocycles. The fraction of sp³-hybridized carbons (Fsp3) is 0.167. The Balaban J connectivity index is 1.58. The highest BCUT2D eigenvalue weighted by Crippen LogP contribution is 2.15. The number of fused-ring (bicyclic) bond motifs is 1. The number of nitrogens with one attached hydrogen (secondary N) is 1. The first-order valence-corrected chi connectivity index (χ1v) is 8.84. The van der Waals surface area contributed by atoms with Crippen LogP contribution in [0.3, 0.4) is 0 Å². The van der Waals surface area contributed by atoms with Gasteiger partial charge in [-0.25, -0.2) is 9.66 Å². The van der Waals surface area contributed by atoms with Gasteiger partial charge in [0.15, 0.2) is 5.16 Å². The van der Waals surface area contributed by atoms with Crippen LogP contribution >= 0.6 is 11.8 Å². The van der Waals surface area contributed by atoms with Crippen LogP contribution in [0.4, 0.5) is 0 Å². The molecule has 1 amide bonds. The molecular weight excluding hydrogens is 336 g/mol. The van der Waals surface area contributed by atoms with Gasteiger partial charge in [0, 0.05) is 6.54 Å². The van der Waals surface area contributed by atoms with Gasteiger partial charge in [-0.3, -0.25) is 9.59 Å². The van der Waals surface area contributed by atoms with Gasteiger partial charge in [0.2, 0.25) is 5.91 Å². The molecule has 7 heteroatoms. The second-order valence-corrected chi connectivity index (χ2v) is 6.40. The fourth-order valence-electron chi connectivity index (χ4n) is 2.40. The van der Waals surface area contributed by atoms with Gasteiger partial charge in [0.05, 0.1) is 16.7 Å². The fourth-order valence-corrected chi connectivity index (χ4v) is 3.15. The van der Waals surface area contributed by atoms with Crippen molar-refractivity contribution < 1.29 is 4.79 Å². The van der Waals surface area contributed by atoms with Gasteiger partial charge in [-0.05, 0) is 24.1 Å². The molecule has 3 N–H and O–H groups in total. The molecule has 1 aromatic heterocycles. The summed E-state index contributed by atoms with van der Waals surface area (Å²) in [7, 11) is 0. The first-order chi connectivity index (χ1) is 12.1. The zero-order valence-electron chi connectivity index (χ0n) is 13.5. The van der Waals surface area contributed by atoms with Crippen LogP contribution in [-0.4, -0.2) is 27.9 Å². The summed E-state index contributed by atoms with van der Waals surface area (Å²) < 4.78 is 0.990. The predicted molar refractivity (Wildman–Crippen MR) is 100 cm³/mol. The van der Waals surface area contributed by atoms with Crippen LogP contribution in [0.2, 0.25) is 0 Å². The molecule has 0 atom stereocenters. The van der Waals surface area contributed by atoms with E-state index in [9.17, 15) is 9.59 Å². The Morgan fingerprint density at radius 2 is 1.84 bits per heavy atom. The number of rotatable bonds is 6. The number of carbonyl (C=O) groups excluding carboxylic acids is 1. The minimum Gasteiger partial charge on any atom is -0.355 e. The molecule has 6 nitrogen and oxygen atoms in total. The third kappa shape index (κ3) is 4.19. The number of nitrogen functional groups attached to an aromatic ring is 1. The minimum atomic E-state index is -0.322. The lowest BCUT2D eigenvalue weighted by atomic mass is 10.1. The molecule has 0 saturated carbocycles. The van der Waals surface area contributed by atoms with Crippen molar-refractivity contribution in [2.45, 2.75) is 11.6 Å². The summed E-state index contributed by atoms with van der Waals surface area (Å²) in [6.45, 7) is 0.560. The predicted octanol–water partition coefficient (Wildman–Crippen LogP) is 1.56. The van der Waals surface area contributed by atoms with Crippen molar-refractivity contribution in [1.29, 1.82) is 0 Å². The van der Waals surface area contributed by atoms with Crippen molar-refractivity contribution >= 4 is 28.6 Å². The third-order valence-corrected chi connectivity index (χ3v) is 4.64. The summed E-state index contributed by atoms with van der Waals surface area (Å²) in [6, 6.07) is 16.9. The van der Waals surface area contributed by atoms with E-state index in [4.69, 9.17) is 5.84 Å². The molecule has 0 fully saturated rings. The van der Waals surface area contributed by atoms with Crippen molar-refractivity contribution in [3.63, 3.8) is 0 Å².